The number of rotatable bonds is 4. The third-order valence-corrected chi connectivity index (χ3v) is 7.44. The van der Waals surface area contributed by atoms with Crippen LogP contribution in [0.15, 0.2) is 22.9 Å². The fourth-order valence-corrected chi connectivity index (χ4v) is 5.49. The first-order valence-electron chi connectivity index (χ1n) is 8.10. The van der Waals surface area contributed by atoms with E-state index in [1.807, 2.05) is 11.4 Å². The summed E-state index contributed by atoms with van der Waals surface area (Å²) in [5.74, 6) is 0.199. The average Bonchev–Trinajstić information content (AvgIpc) is 3.05. The monoisotopic (exact) mass is 383 g/mol. The Morgan fingerprint density at radius 2 is 2.17 bits per heavy atom. The Bertz CT molecular complexity index is 709. The predicted octanol–water partition coefficient (Wildman–Crippen LogP) is 3.69. The lowest BCUT2D eigenvalue weighted by Crippen LogP contribution is -2.38. The van der Waals surface area contributed by atoms with Crippen molar-refractivity contribution in [2.45, 2.75) is 32.7 Å². The number of hydrogen-bond acceptors (Lipinski definition) is 5. The van der Waals surface area contributed by atoms with Gasteiger partial charge in [0.05, 0.1) is 22.5 Å². The predicted molar refractivity (Wildman–Crippen MR) is 102 cm³/mol. The second kappa shape index (κ2) is 6.75. The molecule has 1 spiro atoms. The molecule has 1 atom stereocenters. The lowest BCUT2D eigenvalue weighted by Gasteiger charge is -2.27. The number of thiazole rings is 1. The lowest BCUT2D eigenvalue weighted by atomic mass is 9.85. The van der Waals surface area contributed by atoms with Crippen LogP contribution in [0.1, 0.15) is 31.9 Å². The van der Waals surface area contributed by atoms with Crippen molar-refractivity contribution in [2.24, 2.45) is 10.8 Å². The van der Waals surface area contributed by atoms with Crippen LogP contribution in [-0.2, 0) is 11.3 Å². The zero-order valence-electron chi connectivity index (χ0n) is 13.6. The van der Waals surface area contributed by atoms with Gasteiger partial charge in [-0.05, 0) is 49.2 Å². The van der Waals surface area contributed by atoms with E-state index >= 15 is 0 Å². The Morgan fingerprint density at radius 3 is 2.88 bits per heavy atom. The van der Waals surface area contributed by atoms with Crippen LogP contribution in [0.4, 0.5) is 0 Å². The molecule has 3 heterocycles. The Hall–Kier alpha value is -0.950. The molecular formula is C17H22ClN3OS2. The van der Waals surface area contributed by atoms with Gasteiger partial charge in [-0.2, -0.15) is 0 Å². The van der Waals surface area contributed by atoms with Crippen molar-refractivity contribution in [2.75, 3.05) is 13.1 Å². The first-order chi connectivity index (χ1) is 11.1. The Morgan fingerprint density at radius 1 is 1.38 bits per heavy atom. The van der Waals surface area contributed by atoms with Crippen LogP contribution < -0.4 is 10.6 Å². The van der Waals surface area contributed by atoms with Gasteiger partial charge in [-0.15, -0.1) is 35.1 Å². The van der Waals surface area contributed by atoms with E-state index in [9.17, 15) is 4.79 Å². The van der Waals surface area contributed by atoms with Crippen LogP contribution in [0.2, 0.25) is 0 Å². The molecule has 1 unspecified atom stereocenters. The minimum absolute atomic E-state index is 0. The molecule has 2 fully saturated rings. The quantitative estimate of drug-likeness (QED) is 0.846. The summed E-state index contributed by atoms with van der Waals surface area (Å²) >= 11 is 3.34. The summed E-state index contributed by atoms with van der Waals surface area (Å²) in [4.78, 5) is 18.5. The van der Waals surface area contributed by atoms with Gasteiger partial charge >= 0.3 is 0 Å². The second-order valence-corrected chi connectivity index (χ2v) is 8.65. The van der Waals surface area contributed by atoms with Gasteiger partial charge in [-0.3, -0.25) is 4.79 Å². The highest BCUT2D eigenvalue weighted by Crippen LogP contribution is 2.68. The molecule has 0 bridgehead atoms. The molecule has 0 radical (unpaired) electrons. The maximum atomic E-state index is 12.7. The molecule has 2 aliphatic rings. The highest BCUT2D eigenvalue weighted by Gasteiger charge is 2.67. The number of hydrogen-bond donors (Lipinski definition) is 2. The summed E-state index contributed by atoms with van der Waals surface area (Å²) in [7, 11) is 0. The molecule has 0 aromatic carbocycles. The third kappa shape index (κ3) is 3.01. The molecule has 1 aliphatic carbocycles. The van der Waals surface area contributed by atoms with Gasteiger partial charge in [0.25, 0.3) is 0 Å². The molecule has 7 heteroatoms. The second-order valence-electron chi connectivity index (χ2n) is 6.84. The Balaban J connectivity index is 0.00000169. The summed E-state index contributed by atoms with van der Waals surface area (Å²) in [6, 6.07) is 4.12. The van der Waals surface area contributed by atoms with Crippen molar-refractivity contribution in [3.8, 4) is 9.88 Å². The molecule has 4 rings (SSSR count). The van der Waals surface area contributed by atoms with Crippen LogP contribution in [0.5, 0.6) is 0 Å². The number of piperidine rings is 1. The Labute approximate surface area is 156 Å². The lowest BCUT2D eigenvalue weighted by molar-refractivity contribution is -0.127. The topological polar surface area (TPSA) is 54.0 Å². The van der Waals surface area contributed by atoms with E-state index in [4.69, 9.17) is 0 Å². The molecule has 1 saturated carbocycles. The standard InChI is InChI=1S/C17H21N3OS2.ClH/c1-16(11-17(16)4-6-18-7-5-17)15(21)19-9-12-10-23-14(20-12)13-3-2-8-22-13;/h2-3,8,10,18H,4-7,9,11H2,1H3,(H,19,21);1H. The number of thiophene rings is 1. The van der Waals surface area contributed by atoms with Gasteiger partial charge in [0.2, 0.25) is 5.91 Å². The highest BCUT2D eigenvalue weighted by atomic mass is 35.5. The van der Waals surface area contributed by atoms with E-state index in [-0.39, 0.29) is 29.1 Å². The molecule has 2 aromatic rings. The van der Waals surface area contributed by atoms with Crippen molar-refractivity contribution in [1.82, 2.24) is 15.6 Å². The summed E-state index contributed by atoms with van der Waals surface area (Å²) in [6.45, 7) is 4.74. The van der Waals surface area contributed by atoms with Gasteiger partial charge in [0.15, 0.2) is 0 Å². The van der Waals surface area contributed by atoms with E-state index < -0.39 is 0 Å². The van der Waals surface area contributed by atoms with Gasteiger partial charge in [-0.25, -0.2) is 4.98 Å². The fraction of sp³-hybridized carbons (Fsp3) is 0.529. The molecule has 4 nitrogen and oxygen atoms in total. The van der Waals surface area contributed by atoms with Crippen LogP contribution >= 0.6 is 35.1 Å². The zero-order valence-corrected chi connectivity index (χ0v) is 16.1. The first kappa shape index (κ1) is 17.9. The molecule has 130 valence electrons. The molecule has 2 aromatic heterocycles. The number of carbonyl (C=O) groups is 1. The van der Waals surface area contributed by atoms with Crippen LogP contribution in [0.3, 0.4) is 0 Å². The smallest absolute Gasteiger partial charge is 0.226 e. The zero-order chi connectivity index (χ0) is 15.9. The third-order valence-electron chi connectivity index (χ3n) is 5.51. The highest BCUT2D eigenvalue weighted by molar-refractivity contribution is 7.20. The number of carbonyl (C=O) groups excluding carboxylic acids is 1. The van der Waals surface area contributed by atoms with Gasteiger partial charge < -0.3 is 10.6 Å². The molecule has 2 N–H and O–H groups in total. The van der Waals surface area contributed by atoms with Crippen LogP contribution in [-0.4, -0.2) is 24.0 Å². The number of amides is 1. The minimum atomic E-state index is -0.179. The number of halogens is 1. The normalized spacial score (nSPS) is 24.4. The fourth-order valence-electron chi connectivity index (χ4n) is 3.86. The van der Waals surface area contributed by atoms with E-state index in [1.165, 1.54) is 4.88 Å². The minimum Gasteiger partial charge on any atom is -0.350 e. The molecular weight excluding hydrogens is 362 g/mol. The van der Waals surface area contributed by atoms with Crippen molar-refractivity contribution in [1.29, 1.82) is 0 Å². The van der Waals surface area contributed by atoms with E-state index in [1.54, 1.807) is 22.7 Å². The summed E-state index contributed by atoms with van der Waals surface area (Å²) in [6.07, 6.45) is 3.28. The SMILES string of the molecule is CC1(C(=O)NCc2csc(-c3cccs3)n2)CC12CCNCC2.Cl. The number of aromatic nitrogens is 1. The number of nitrogens with zero attached hydrogens (tertiary/aromatic N) is 1. The molecule has 1 aliphatic heterocycles. The summed E-state index contributed by atoms with van der Waals surface area (Å²) < 4.78 is 0. The van der Waals surface area contributed by atoms with E-state index in [2.05, 4.69) is 34.0 Å². The molecule has 1 amide bonds. The van der Waals surface area contributed by atoms with Crippen molar-refractivity contribution in [3.63, 3.8) is 0 Å². The maximum Gasteiger partial charge on any atom is 0.226 e. The number of nitrogens with one attached hydrogen (secondary N) is 2. The van der Waals surface area contributed by atoms with Gasteiger partial charge in [-0.1, -0.05) is 13.0 Å². The Kier molecular flexibility index (Phi) is 5.02. The van der Waals surface area contributed by atoms with Gasteiger partial charge in [0.1, 0.15) is 5.01 Å². The molecule has 1 saturated heterocycles. The van der Waals surface area contributed by atoms with Crippen molar-refractivity contribution < 1.29 is 4.79 Å². The van der Waals surface area contributed by atoms with Gasteiger partial charge in [0, 0.05) is 5.38 Å². The van der Waals surface area contributed by atoms with E-state index in [0.29, 0.717) is 6.54 Å². The van der Waals surface area contributed by atoms with E-state index in [0.717, 1.165) is 43.1 Å². The van der Waals surface area contributed by atoms with Crippen LogP contribution in [0, 0.1) is 10.8 Å². The van der Waals surface area contributed by atoms with Crippen LogP contribution in [0.25, 0.3) is 9.88 Å². The summed E-state index contributed by atoms with van der Waals surface area (Å²) in [5, 5.41) is 11.7. The summed E-state index contributed by atoms with van der Waals surface area (Å²) in [5.41, 5.74) is 1.02. The maximum absolute atomic E-state index is 12.7. The van der Waals surface area contributed by atoms with Crippen molar-refractivity contribution in [3.05, 3.63) is 28.6 Å². The average molecular weight is 384 g/mol. The van der Waals surface area contributed by atoms with Crippen molar-refractivity contribution >= 4 is 41.0 Å². The molecule has 24 heavy (non-hydrogen) atoms. The largest absolute Gasteiger partial charge is 0.350 e. The first-order valence-corrected chi connectivity index (χ1v) is 9.86.